The van der Waals surface area contributed by atoms with Crippen molar-refractivity contribution >= 4 is 0 Å². The molecule has 0 spiro atoms. The van der Waals surface area contributed by atoms with Crippen LogP contribution in [-0.2, 0) is 6.42 Å². The summed E-state index contributed by atoms with van der Waals surface area (Å²) in [4.78, 5) is 2.24. The summed E-state index contributed by atoms with van der Waals surface area (Å²) in [5, 5.41) is 7.17. The molecule has 0 aromatic carbocycles. The number of likely N-dealkylation sites (N-methyl/N-ethyl adjacent to an activating group) is 1. The molecule has 0 amide bonds. The van der Waals surface area contributed by atoms with Crippen LogP contribution < -0.4 is 5.73 Å². The summed E-state index contributed by atoms with van der Waals surface area (Å²) in [5.41, 5.74) is 9.12. The molecule has 4 nitrogen and oxygen atoms in total. The monoisotopic (exact) mass is 196 g/mol. The third-order valence-electron chi connectivity index (χ3n) is 2.54. The van der Waals surface area contributed by atoms with E-state index < -0.39 is 0 Å². The van der Waals surface area contributed by atoms with Crippen LogP contribution in [-0.4, -0.2) is 41.8 Å². The second-order valence-electron chi connectivity index (χ2n) is 3.75. The first-order valence-electron chi connectivity index (χ1n) is 5.04. The van der Waals surface area contributed by atoms with Crippen molar-refractivity contribution in [2.75, 3.05) is 26.7 Å². The minimum absolute atomic E-state index is 0.722. The van der Waals surface area contributed by atoms with Gasteiger partial charge in [-0.25, -0.2) is 0 Å². The highest BCUT2D eigenvalue weighted by Crippen LogP contribution is 2.09. The van der Waals surface area contributed by atoms with Crippen LogP contribution in [0.1, 0.15) is 17.0 Å². The average molecular weight is 196 g/mol. The van der Waals surface area contributed by atoms with Gasteiger partial charge in [0.25, 0.3) is 0 Å². The van der Waals surface area contributed by atoms with Gasteiger partial charge in [-0.15, -0.1) is 0 Å². The van der Waals surface area contributed by atoms with Crippen molar-refractivity contribution in [3.05, 3.63) is 17.0 Å². The van der Waals surface area contributed by atoms with E-state index in [1.165, 1.54) is 11.3 Å². The van der Waals surface area contributed by atoms with Gasteiger partial charge in [0.1, 0.15) is 0 Å². The summed E-state index contributed by atoms with van der Waals surface area (Å²) in [5.74, 6) is 0. The molecule has 0 atom stereocenters. The number of aryl methyl sites for hydroxylation is 2. The van der Waals surface area contributed by atoms with Crippen molar-refractivity contribution in [3.8, 4) is 0 Å². The molecule has 0 saturated carbocycles. The van der Waals surface area contributed by atoms with Gasteiger partial charge < -0.3 is 10.6 Å². The molecule has 0 aliphatic carbocycles. The first kappa shape index (κ1) is 11.2. The van der Waals surface area contributed by atoms with Crippen molar-refractivity contribution in [1.29, 1.82) is 0 Å². The number of hydrogen-bond acceptors (Lipinski definition) is 3. The normalized spacial score (nSPS) is 11.2. The molecule has 0 saturated heterocycles. The Morgan fingerprint density at radius 1 is 1.36 bits per heavy atom. The lowest BCUT2D eigenvalue weighted by molar-refractivity contribution is 0.347. The lowest BCUT2D eigenvalue weighted by Crippen LogP contribution is -2.27. The number of aromatic amines is 1. The molecule has 3 N–H and O–H groups in total. The molecule has 0 fully saturated rings. The third-order valence-corrected chi connectivity index (χ3v) is 2.54. The summed E-state index contributed by atoms with van der Waals surface area (Å²) in [6.07, 6.45) is 1.05. The van der Waals surface area contributed by atoms with Crippen LogP contribution in [0, 0.1) is 13.8 Å². The molecule has 0 bridgehead atoms. The van der Waals surface area contributed by atoms with Crippen LogP contribution in [0.2, 0.25) is 0 Å². The van der Waals surface area contributed by atoms with Gasteiger partial charge in [0, 0.05) is 25.3 Å². The van der Waals surface area contributed by atoms with Gasteiger partial charge in [-0.05, 0) is 32.9 Å². The van der Waals surface area contributed by atoms with E-state index in [9.17, 15) is 0 Å². The molecule has 0 radical (unpaired) electrons. The van der Waals surface area contributed by atoms with Crippen LogP contribution in [0.4, 0.5) is 0 Å². The zero-order chi connectivity index (χ0) is 10.6. The Bertz CT molecular complexity index is 260. The number of rotatable bonds is 5. The van der Waals surface area contributed by atoms with Gasteiger partial charge in [0.05, 0.1) is 5.69 Å². The first-order valence-corrected chi connectivity index (χ1v) is 5.04. The molecular formula is C10H20N4. The maximum absolute atomic E-state index is 5.48. The van der Waals surface area contributed by atoms with Crippen LogP contribution in [0.3, 0.4) is 0 Å². The fourth-order valence-electron chi connectivity index (χ4n) is 1.58. The number of nitrogens with two attached hydrogens (primary N) is 1. The Morgan fingerprint density at radius 3 is 2.57 bits per heavy atom. The lowest BCUT2D eigenvalue weighted by atomic mass is 10.1. The molecule has 1 aromatic rings. The van der Waals surface area contributed by atoms with Gasteiger partial charge in [-0.3, -0.25) is 5.10 Å². The largest absolute Gasteiger partial charge is 0.329 e. The van der Waals surface area contributed by atoms with Gasteiger partial charge >= 0.3 is 0 Å². The minimum Gasteiger partial charge on any atom is -0.329 e. The quantitative estimate of drug-likeness (QED) is 0.719. The molecule has 14 heavy (non-hydrogen) atoms. The van der Waals surface area contributed by atoms with E-state index in [0.29, 0.717) is 0 Å². The maximum atomic E-state index is 5.48. The number of H-pyrrole nitrogens is 1. The summed E-state index contributed by atoms with van der Waals surface area (Å²) < 4.78 is 0. The number of nitrogens with one attached hydrogen (secondary N) is 1. The molecule has 1 heterocycles. The highest BCUT2D eigenvalue weighted by molar-refractivity contribution is 5.23. The lowest BCUT2D eigenvalue weighted by Gasteiger charge is -2.14. The van der Waals surface area contributed by atoms with Crippen LogP contribution in [0.25, 0.3) is 0 Å². The standard InChI is InChI=1S/C10H20N4/c1-8-10(9(2)13-12-8)4-6-14(3)7-5-11/h4-7,11H2,1-3H3,(H,12,13). The van der Waals surface area contributed by atoms with E-state index in [1.54, 1.807) is 0 Å². The van der Waals surface area contributed by atoms with Gasteiger partial charge in [-0.1, -0.05) is 0 Å². The van der Waals surface area contributed by atoms with Crippen molar-refractivity contribution in [2.45, 2.75) is 20.3 Å². The highest BCUT2D eigenvalue weighted by atomic mass is 15.1. The predicted octanol–water partition coefficient (Wildman–Crippen LogP) is 0.460. The van der Waals surface area contributed by atoms with Crippen molar-refractivity contribution < 1.29 is 0 Å². The Kier molecular flexibility index (Phi) is 4.10. The van der Waals surface area contributed by atoms with E-state index >= 15 is 0 Å². The molecule has 0 aliphatic heterocycles. The Morgan fingerprint density at radius 2 is 2.07 bits per heavy atom. The smallest absolute Gasteiger partial charge is 0.0626 e. The second-order valence-corrected chi connectivity index (χ2v) is 3.75. The summed E-state index contributed by atoms with van der Waals surface area (Å²) in [6, 6.07) is 0. The number of nitrogens with zero attached hydrogens (tertiary/aromatic N) is 2. The number of hydrogen-bond donors (Lipinski definition) is 2. The highest BCUT2D eigenvalue weighted by Gasteiger charge is 2.06. The van der Waals surface area contributed by atoms with Crippen LogP contribution in [0.5, 0.6) is 0 Å². The fourth-order valence-corrected chi connectivity index (χ4v) is 1.58. The predicted molar refractivity (Wildman–Crippen MR) is 58.3 cm³/mol. The van der Waals surface area contributed by atoms with E-state index in [0.717, 1.165) is 31.7 Å². The maximum Gasteiger partial charge on any atom is 0.0626 e. The first-order chi connectivity index (χ1) is 6.65. The van der Waals surface area contributed by atoms with E-state index in [2.05, 4.69) is 29.1 Å². The fraction of sp³-hybridized carbons (Fsp3) is 0.700. The SMILES string of the molecule is Cc1n[nH]c(C)c1CCN(C)CCN. The minimum atomic E-state index is 0.722. The number of aromatic nitrogens is 2. The summed E-state index contributed by atoms with van der Waals surface area (Å²) in [7, 11) is 2.09. The molecular weight excluding hydrogens is 176 g/mol. The van der Waals surface area contributed by atoms with Crippen molar-refractivity contribution in [1.82, 2.24) is 15.1 Å². The van der Waals surface area contributed by atoms with E-state index in [-0.39, 0.29) is 0 Å². The van der Waals surface area contributed by atoms with Gasteiger partial charge in [-0.2, -0.15) is 5.10 Å². The van der Waals surface area contributed by atoms with Gasteiger partial charge in [0.15, 0.2) is 0 Å². The molecule has 0 unspecified atom stereocenters. The summed E-state index contributed by atoms with van der Waals surface area (Å²) in [6.45, 7) is 6.83. The van der Waals surface area contributed by atoms with Crippen molar-refractivity contribution in [2.24, 2.45) is 5.73 Å². The Balaban J connectivity index is 2.45. The van der Waals surface area contributed by atoms with Gasteiger partial charge in [0.2, 0.25) is 0 Å². The molecule has 0 aliphatic rings. The van der Waals surface area contributed by atoms with E-state index in [4.69, 9.17) is 5.73 Å². The molecule has 80 valence electrons. The van der Waals surface area contributed by atoms with Crippen LogP contribution >= 0.6 is 0 Å². The Hall–Kier alpha value is -0.870. The molecule has 1 rings (SSSR count). The summed E-state index contributed by atoms with van der Waals surface area (Å²) >= 11 is 0. The second kappa shape index (κ2) is 5.12. The van der Waals surface area contributed by atoms with Crippen LogP contribution in [0.15, 0.2) is 0 Å². The Labute approximate surface area is 85.5 Å². The molecule has 4 heteroatoms. The third kappa shape index (κ3) is 2.82. The zero-order valence-corrected chi connectivity index (χ0v) is 9.30. The van der Waals surface area contributed by atoms with Crippen molar-refractivity contribution in [3.63, 3.8) is 0 Å². The molecule has 1 aromatic heterocycles. The zero-order valence-electron chi connectivity index (χ0n) is 9.30. The average Bonchev–Trinajstić information content (AvgIpc) is 2.44. The topological polar surface area (TPSA) is 57.9 Å². The van der Waals surface area contributed by atoms with E-state index in [1.807, 2.05) is 6.92 Å².